The molecule has 0 spiro atoms. The summed E-state index contributed by atoms with van der Waals surface area (Å²) in [6.07, 6.45) is 3.47. The van der Waals surface area contributed by atoms with E-state index in [0.717, 1.165) is 0 Å². The summed E-state index contributed by atoms with van der Waals surface area (Å²) in [7, 11) is 0. The molecule has 1 atom stereocenters. The molecule has 3 rings (SSSR count). The smallest absolute Gasteiger partial charge is 0.372 e. The fraction of sp³-hybridized carbons (Fsp3) is 0.250. The Kier molecular flexibility index (Phi) is 3.59. The third-order valence-corrected chi connectivity index (χ3v) is 3.78. The van der Waals surface area contributed by atoms with E-state index in [2.05, 4.69) is 10.3 Å². The van der Waals surface area contributed by atoms with E-state index in [0.29, 0.717) is 17.1 Å². The highest BCUT2D eigenvalue weighted by molar-refractivity contribution is 7.15. The number of rotatable bonds is 6. The Morgan fingerprint density at radius 3 is 3.14 bits per heavy atom. The van der Waals surface area contributed by atoms with Gasteiger partial charge in [-0.1, -0.05) is 11.3 Å². The highest BCUT2D eigenvalue weighted by Gasteiger charge is 2.26. The van der Waals surface area contributed by atoms with E-state index in [-0.39, 0.29) is 24.3 Å². The number of aromatic nitrogens is 2. The molecule has 110 valence electrons. The third kappa shape index (κ3) is 2.48. The molecular weight excluding hydrogens is 296 g/mol. The number of aliphatic hydroxyl groups is 1. The van der Waals surface area contributed by atoms with E-state index < -0.39 is 4.92 Å². The lowest BCUT2D eigenvalue weighted by atomic mass is 10.1. The number of thiazole rings is 1. The number of fused-ring (bicyclic) bond motifs is 1. The highest BCUT2D eigenvalue weighted by Crippen LogP contribution is 2.31. The molecule has 3 heterocycles. The van der Waals surface area contributed by atoms with E-state index in [1.807, 2.05) is 0 Å². The van der Waals surface area contributed by atoms with E-state index in [4.69, 9.17) is 9.52 Å². The molecule has 21 heavy (non-hydrogen) atoms. The Morgan fingerprint density at radius 2 is 2.48 bits per heavy atom. The van der Waals surface area contributed by atoms with Crippen LogP contribution in [0, 0.1) is 10.1 Å². The van der Waals surface area contributed by atoms with E-state index in [1.54, 1.807) is 23.7 Å². The number of aliphatic hydroxyl groups excluding tert-OH is 1. The summed E-state index contributed by atoms with van der Waals surface area (Å²) in [6.45, 7) is -0.0750. The summed E-state index contributed by atoms with van der Waals surface area (Å²) in [4.78, 5) is 15.5. The van der Waals surface area contributed by atoms with E-state index in [1.165, 1.54) is 22.0 Å². The van der Waals surface area contributed by atoms with Gasteiger partial charge in [-0.3, -0.25) is 0 Å². The molecule has 0 bridgehead atoms. The van der Waals surface area contributed by atoms with Gasteiger partial charge in [-0.15, -0.1) is 0 Å². The molecule has 1 unspecified atom stereocenters. The number of hydrogen-bond acceptors (Lipinski definition) is 7. The van der Waals surface area contributed by atoms with Crippen molar-refractivity contribution < 1.29 is 14.4 Å². The summed E-state index contributed by atoms with van der Waals surface area (Å²) in [5, 5.41) is 25.1. The number of nitro groups is 1. The number of imidazole rings is 1. The van der Waals surface area contributed by atoms with Crippen molar-refractivity contribution in [1.82, 2.24) is 9.38 Å². The maximum Gasteiger partial charge on any atom is 0.372 e. The summed E-state index contributed by atoms with van der Waals surface area (Å²) in [5.74, 6) is 0.636. The molecule has 0 aromatic carbocycles. The van der Waals surface area contributed by atoms with Crippen molar-refractivity contribution in [3.05, 3.63) is 45.8 Å². The fourth-order valence-electron chi connectivity index (χ4n) is 2.11. The number of hydrogen-bond donors (Lipinski definition) is 2. The van der Waals surface area contributed by atoms with Crippen LogP contribution in [0.2, 0.25) is 0 Å². The highest BCUT2D eigenvalue weighted by atomic mass is 32.1. The van der Waals surface area contributed by atoms with Crippen LogP contribution in [-0.4, -0.2) is 26.0 Å². The number of anilines is 1. The second-order valence-electron chi connectivity index (χ2n) is 4.32. The van der Waals surface area contributed by atoms with Gasteiger partial charge < -0.3 is 25.0 Å². The Labute approximate surface area is 122 Å². The van der Waals surface area contributed by atoms with Gasteiger partial charge in [-0.2, -0.15) is 9.38 Å². The van der Waals surface area contributed by atoms with Crippen molar-refractivity contribution in [2.24, 2.45) is 0 Å². The summed E-state index contributed by atoms with van der Waals surface area (Å²) in [6, 6.07) is 3.09. The second-order valence-corrected chi connectivity index (χ2v) is 5.19. The van der Waals surface area contributed by atoms with Crippen molar-refractivity contribution in [3.63, 3.8) is 0 Å². The van der Waals surface area contributed by atoms with Crippen molar-refractivity contribution in [2.45, 2.75) is 12.5 Å². The Morgan fingerprint density at radius 1 is 1.62 bits per heavy atom. The maximum atomic E-state index is 11.3. The molecule has 2 N–H and O–H groups in total. The predicted octanol–water partition coefficient (Wildman–Crippen LogP) is 2.43. The van der Waals surface area contributed by atoms with Crippen LogP contribution in [0.1, 0.15) is 18.2 Å². The van der Waals surface area contributed by atoms with Crippen molar-refractivity contribution >= 4 is 27.9 Å². The van der Waals surface area contributed by atoms with Crippen LogP contribution in [0.15, 0.2) is 34.4 Å². The first-order valence-corrected chi connectivity index (χ1v) is 7.09. The van der Waals surface area contributed by atoms with Crippen molar-refractivity contribution in [2.75, 3.05) is 11.9 Å². The first kappa shape index (κ1) is 13.6. The first-order valence-electron chi connectivity index (χ1n) is 6.21. The normalized spacial score (nSPS) is 12.6. The van der Waals surface area contributed by atoms with Gasteiger partial charge in [0, 0.05) is 12.0 Å². The lowest BCUT2D eigenvalue weighted by molar-refractivity contribution is -0.389. The van der Waals surface area contributed by atoms with Crippen LogP contribution in [0.4, 0.5) is 11.6 Å². The van der Waals surface area contributed by atoms with Gasteiger partial charge in [-0.25, -0.2) is 0 Å². The molecule has 3 aromatic heterocycles. The number of nitrogens with one attached hydrogen (secondary N) is 1. The molecule has 0 amide bonds. The molecule has 8 nitrogen and oxygen atoms in total. The van der Waals surface area contributed by atoms with Gasteiger partial charge in [0.25, 0.3) is 4.96 Å². The molecule has 0 fully saturated rings. The molecule has 0 radical (unpaired) electrons. The first-order chi connectivity index (χ1) is 10.2. The molecule has 0 saturated heterocycles. The second kappa shape index (κ2) is 5.54. The van der Waals surface area contributed by atoms with Crippen molar-refractivity contribution in [1.29, 1.82) is 0 Å². The third-order valence-electron chi connectivity index (χ3n) is 3.03. The van der Waals surface area contributed by atoms with E-state index >= 15 is 0 Å². The van der Waals surface area contributed by atoms with Crippen LogP contribution in [0.3, 0.4) is 0 Å². The summed E-state index contributed by atoms with van der Waals surface area (Å²) >= 11 is 1.31. The van der Waals surface area contributed by atoms with Gasteiger partial charge in [0.1, 0.15) is 12.0 Å². The summed E-state index contributed by atoms with van der Waals surface area (Å²) in [5.41, 5.74) is 0. The predicted molar refractivity (Wildman–Crippen MR) is 76.5 cm³/mol. The van der Waals surface area contributed by atoms with Gasteiger partial charge in [0.2, 0.25) is 5.82 Å². The van der Waals surface area contributed by atoms with E-state index in [9.17, 15) is 10.1 Å². The molecule has 0 aliphatic rings. The van der Waals surface area contributed by atoms with Crippen molar-refractivity contribution in [3.8, 4) is 0 Å². The van der Waals surface area contributed by atoms with Crippen LogP contribution >= 0.6 is 11.3 Å². The van der Waals surface area contributed by atoms with Gasteiger partial charge in [-0.05, 0) is 23.5 Å². The number of furan rings is 1. The summed E-state index contributed by atoms with van der Waals surface area (Å²) < 4.78 is 6.72. The zero-order valence-corrected chi connectivity index (χ0v) is 11.6. The van der Waals surface area contributed by atoms with Gasteiger partial charge >= 0.3 is 5.82 Å². The molecular formula is C12H12N4O4S. The average Bonchev–Trinajstić information content (AvgIpc) is 3.14. The van der Waals surface area contributed by atoms with Crippen LogP contribution in [0.5, 0.6) is 0 Å². The Bertz CT molecular complexity index is 749. The molecule has 3 aromatic rings. The van der Waals surface area contributed by atoms with Crippen LogP contribution < -0.4 is 5.32 Å². The minimum absolute atomic E-state index is 0.0750. The van der Waals surface area contributed by atoms with Gasteiger partial charge in [0.05, 0.1) is 12.3 Å². The molecule has 0 aliphatic heterocycles. The lowest BCUT2D eigenvalue weighted by Crippen LogP contribution is -2.13. The van der Waals surface area contributed by atoms with Gasteiger partial charge in [0.15, 0.2) is 0 Å². The zero-order chi connectivity index (χ0) is 14.8. The molecule has 9 heteroatoms. The largest absolute Gasteiger partial charge is 0.467 e. The zero-order valence-electron chi connectivity index (χ0n) is 10.8. The topological polar surface area (TPSA) is 106 Å². The Hall–Kier alpha value is -2.39. The minimum Gasteiger partial charge on any atom is -0.467 e. The fourth-order valence-corrected chi connectivity index (χ4v) is 2.82. The Balaban J connectivity index is 1.97. The number of nitrogens with zero attached hydrogens (tertiary/aromatic N) is 3. The average molecular weight is 308 g/mol. The standard InChI is InChI=1S/C12H12N4O4S/c17-5-3-8(9-2-1-6-20-9)13-10-11(16(18)19)15-4-7-21-12(15)14-10/h1-2,4,6-8,13,17H,3,5H2. The maximum absolute atomic E-state index is 11.3. The quantitative estimate of drug-likeness (QED) is 0.535. The SMILES string of the molecule is O=[N+]([O-])c1c(NC(CCO)c2ccco2)nc2sccn12. The minimum atomic E-state index is -0.479. The van der Waals surface area contributed by atoms with Crippen LogP contribution in [-0.2, 0) is 0 Å². The molecule has 0 aliphatic carbocycles. The van der Waals surface area contributed by atoms with Crippen LogP contribution in [0.25, 0.3) is 4.96 Å². The monoisotopic (exact) mass is 308 g/mol. The molecule has 0 saturated carbocycles. The lowest BCUT2D eigenvalue weighted by Gasteiger charge is -2.14.